The average molecular weight is 418 g/mol. The van der Waals surface area contributed by atoms with E-state index in [2.05, 4.69) is 5.32 Å². The fourth-order valence-electron chi connectivity index (χ4n) is 3.94. The number of hydrogen-bond donors (Lipinski definition) is 1. The molecule has 0 spiro atoms. The molecule has 7 heteroatoms. The van der Waals surface area contributed by atoms with Crippen molar-refractivity contribution < 1.29 is 23.8 Å². The van der Waals surface area contributed by atoms with E-state index in [1.165, 1.54) is 0 Å². The first-order chi connectivity index (χ1) is 15.2. The van der Waals surface area contributed by atoms with E-state index in [0.717, 1.165) is 16.5 Å². The van der Waals surface area contributed by atoms with Crippen LogP contribution in [-0.2, 0) is 9.59 Å². The second-order valence-corrected chi connectivity index (χ2v) is 7.71. The summed E-state index contributed by atoms with van der Waals surface area (Å²) in [6.07, 6.45) is 0.389. The Balaban J connectivity index is 1.12. The number of benzene rings is 3. The number of anilines is 1. The Bertz CT molecular complexity index is 1150. The van der Waals surface area contributed by atoms with Gasteiger partial charge in [-0.1, -0.05) is 30.3 Å². The molecule has 0 radical (unpaired) electrons. The summed E-state index contributed by atoms with van der Waals surface area (Å²) < 4.78 is 16.3. The molecule has 0 saturated carbocycles. The largest absolute Gasteiger partial charge is 0.484 e. The van der Waals surface area contributed by atoms with Crippen molar-refractivity contribution in [3.05, 3.63) is 60.7 Å². The third-order valence-corrected chi connectivity index (χ3v) is 5.55. The number of carbonyl (C=O) groups excluding carboxylic acids is 2. The molecule has 158 valence electrons. The minimum atomic E-state index is -0.206. The first-order valence-corrected chi connectivity index (χ1v) is 10.2. The van der Waals surface area contributed by atoms with E-state index < -0.39 is 0 Å². The molecule has 1 fully saturated rings. The minimum absolute atomic E-state index is 0.0329. The van der Waals surface area contributed by atoms with Gasteiger partial charge in [0.15, 0.2) is 18.1 Å². The van der Waals surface area contributed by atoms with Gasteiger partial charge in [-0.2, -0.15) is 0 Å². The standard InChI is InChI=1S/C24H22N2O5/c27-23(14-29-20-7-5-17-3-1-2-4-18(17)10-20)25-12-16-9-24(28)26(13-16)19-6-8-21-22(11-19)31-15-30-21/h1-8,10-11,16H,9,12-15H2,(H,25,27)/t16-/m0/s1. The Morgan fingerprint density at radius 1 is 1.03 bits per heavy atom. The number of amides is 2. The lowest BCUT2D eigenvalue weighted by atomic mass is 10.1. The molecule has 2 amide bonds. The van der Waals surface area contributed by atoms with E-state index in [1.54, 1.807) is 4.90 Å². The average Bonchev–Trinajstić information content (AvgIpc) is 3.41. The SMILES string of the molecule is O=C(COc1ccc2ccccc2c1)NC[C@@H]1CC(=O)N(c2ccc3c(c2)OCO3)C1. The number of ether oxygens (including phenoxy) is 3. The normalized spacial score (nSPS) is 17.2. The van der Waals surface area contributed by atoms with Crippen molar-refractivity contribution in [3.8, 4) is 17.2 Å². The van der Waals surface area contributed by atoms with Gasteiger partial charge in [0, 0.05) is 37.2 Å². The van der Waals surface area contributed by atoms with Crippen LogP contribution in [0.3, 0.4) is 0 Å². The van der Waals surface area contributed by atoms with Crippen LogP contribution >= 0.6 is 0 Å². The molecule has 1 N–H and O–H groups in total. The van der Waals surface area contributed by atoms with E-state index in [-0.39, 0.29) is 31.1 Å². The highest BCUT2D eigenvalue weighted by Crippen LogP contribution is 2.37. The van der Waals surface area contributed by atoms with Gasteiger partial charge in [0.25, 0.3) is 5.91 Å². The van der Waals surface area contributed by atoms with Gasteiger partial charge in [0.2, 0.25) is 12.7 Å². The molecule has 2 heterocycles. The topological polar surface area (TPSA) is 77.1 Å². The molecule has 7 nitrogen and oxygen atoms in total. The molecular weight excluding hydrogens is 396 g/mol. The van der Waals surface area contributed by atoms with Crippen LogP contribution < -0.4 is 24.4 Å². The Kier molecular flexibility index (Phi) is 5.08. The van der Waals surface area contributed by atoms with Crippen LogP contribution in [0, 0.1) is 5.92 Å². The summed E-state index contributed by atoms with van der Waals surface area (Å²) in [5.74, 6) is 1.85. The molecule has 31 heavy (non-hydrogen) atoms. The summed E-state index contributed by atoms with van der Waals surface area (Å²) in [4.78, 5) is 26.4. The molecule has 1 atom stereocenters. The van der Waals surface area contributed by atoms with Crippen LogP contribution in [-0.4, -0.2) is 38.3 Å². The molecular formula is C24H22N2O5. The van der Waals surface area contributed by atoms with Gasteiger partial charge in [-0.05, 0) is 35.0 Å². The van der Waals surface area contributed by atoms with Crippen molar-refractivity contribution in [2.45, 2.75) is 6.42 Å². The molecule has 3 aromatic rings. The number of hydrogen-bond acceptors (Lipinski definition) is 5. The van der Waals surface area contributed by atoms with Gasteiger partial charge < -0.3 is 24.4 Å². The maximum absolute atomic E-state index is 12.5. The summed E-state index contributed by atoms with van der Waals surface area (Å²) in [6, 6.07) is 19.2. The van der Waals surface area contributed by atoms with Crippen molar-refractivity contribution in [3.63, 3.8) is 0 Å². The van der Waals surface area contributed by atoms with Crippen molar-refractivity contribution in [2.24, 2.45) is 5.92 Å². The molecule has 2 aliphatic rings. The van der Waals surface area contributed by atoms with E-state index in [0.29, 0.717) is 36.8 Å². The van der Waals surface area contributed by atoms with Crippen LogP contribution in [0.5, 0.6) is 17.2 Å². The Morgan fingerprint density at radius 2 is 1.87 bits per heavy atom. The molecule has 0 unspecified atom stereocenters. The summed E-state index contributed by atoms with van der Waals surface area (Å²) >= 11 is 0. The Morgan fingerprint density at radius 3 is 2.77 bits per heavy atom. The number of fused-ring (bicyclic) bond motifs is 2. The molecule has 2 aliphatic heterocycles. The first kappa shape index (κ1) is 19.2. The lowest BCUT2D eigenvalue weighted by molar-refractivity contribution is -0.123. The summed E-state index contributed by atoms with van der Waals surface area (Å²) in [7, 11) is 0. The van der Waals surface area contributed by atoms with Crippen molar-refractivity contribution in [1.29, 1.82) is 0 Å². The maximum atomic E-state index is 12.5. The summed E-state index contributed by atoms with van der Waals surface area (Å²) in [6.45, 7) is 1.10. The maximum Gasteiger partial charge on any atom is 0.257 e. The van der Waals surface area contributed by atoms with Crippen LogP contribution in [0.2, 0.25) is 0 Å². The highest BCUT2D eigenvalue weighted by molar-refractivity contribution is 5.96. The quantitative estimate of drug-likeness (QED) is 0.666. The zero-order valence-corrected chi connectivity index (χ0v) is 16.9. The third kappa shape index (κ3) is 4.12. The van der Waals surface area contributed by atoms with Crippen LogP contribution in [0.1, 0.15) is 6.42 Å². The molecule has 5 rings (SSSR count). The summed E-state index contributed by atoms with van der Waals surface area (Å²) in [5, 5.41) is 5.06. The van der Waals surface area contributed by atoms with Gasteiger partial charge in [0.05, 0.1) is 0 Å². The Labute approximate surface area is 179 Å². The van der Waals surface area contributed by atoms with Crippen molar-refractivity contribution >= 4 is 28.3 Å². The number of nitrogens with zero attached hydrogens (tertiary/aromatic N) is 1. The zero-order chi connectivity index (χ0) is 21.2. The fraction of sp³-hybridized carbons (Fsp3) is 0.250. The van der Waals surface area contributed by atoms with E-state index in [1.807, 2.05) is 60.7 Å². The van der Waals surface area contributed by atoms with Gasteiger partial charge in [-0.15, -0.1) is 0 Å². The minimum Gasteiger partial charge on any atom is -0.484 e. The second kappa shape index (κ2) is 8.18. The molecule has 3 aromatic carbocycles. The molecule has 1 saturated heterocycles. The predicted molar refractivity (Wildman–Crippen MR) is 115 cm³/mol. The lowest BCUT2D eigenvalue weighted by Crippen LogP contribution is -2.34. The highest BCUT2D eigenvalue weighted by atomic mass is 16.7. The summed E-state index contributed by atoms with van der Waals surface area (Å²) in [5.41, 5.74) is 0.780. The van der Waals surface area contributed by atoms with Gasteiger partial charge in [0.1, 0.15) is 5.75 Å². The van der Waals surface area contributed by atoms with Crippen molar-refractivity contribution in [2.75, 3.05) is 31.4 Å². The molecule has 0 bridgehead atoms. The number of nitrogens with one attached hydrogen (secondary N) is 1. The van der Waals surface area contributed by atoms with Crippen LogP contribution in [0.25, 0.3) is 10.8 Å². The van der Waals surface area contributed by atoms with E-state index >= 15 is 0 Å². The second-order valence-electron chi connectivity index (χ2n) is 7.71. The zero-order valence-electron chi connectivity index (χ0n) is 16.9. The monoisotopic (exact) mass is 418 g/mol. The predicted octanol–water partition coefficient (Wildman–Crippen LogP) is 3.12. The van der Waals surface area contributed by atoms with Crippen LogP contribution in [0.15, 0.2) is 60.7 Å². The van der Waals surface area contributed by atoms with E-state index in [4.69, 9.17) is 14.2 Å². The Hall–Kier alpha value is -3.74. The van der Waals surface area contributed by atoms with Crippen molar-refractivity contribution in [1.82, 2.24) is 5.32 Å². The number of rotatable bonds is 6. The third-order valence-electron chi connectivity index (χ3n) is 5.55. The van der Waals surface area contributed by atoms with Gasteiger partial charge >= 0.3 is 0 Å². The first-order valence-electron chi connectivity index (χ1n) is 10.2. The van der Waals surface area contributed by atoms with Gasteiger partial charge in [-0.3, -0.25) is 9.59 Å². The fourth-order valence-corrected chi connectivity index (χ4v) is 3.94. The molecule has 0 aliphatic carbocycles. The lowest BCUT2D eigenvalue weighted by Gasteiger charge is -2.17. The smallest absolute Gasteiger partial charge is 0.257 e. The molecule has 0 aromatic heterocycles. The van der Waals surface area contributed by atoms with Crippen LogP contribution in [0.4, 0.5) is 5.69 Å². The van der Waals surface area contributed by atoms with Gasteiger partial charge in [-0.25, -0.2) is 0 Å². The highest BCUT2D eigenvalue weighted by Gasteiger charge is 2.31. The number of carbonyl (C=O) groups is 2. The van der Waals surface area contributed by atoms with E-state index in [9.17, 15) is 9.59 Å².